The van der Waals surface area contributed by atoms with Crippen molar-refractivity contribution in [1.82, 2.24) is 4.98 Å². The molecule has 0 N–H and O–H groups in total. The third-order valence-electron chi connectivity index (χ3n) is 2.63. The summed E-state index contributed by atoms with van der Waals surface area (Å²) in [6.07, 6.45) is 0. The molecule has 1 aromatic heterocycles. The number of hydrogen-bond donors (Lipinski definition) is 0. The fourth-order valence-electron chi connectivity index (χ4n) is 1.74. The van der Waals surface area contributed by atoms with Crippen LogP contribution in [0.3, 0.4) is 0 Å². The Kier molecular flexibility index (Phi) is 4.17. The van der Waals surface area contributed by atoms with E-state index in [0.29, 0.717) is 5.56 Å². The van der Waals surface area contributed by atoms with E-state index < -0.39 is 11.6 Å². The molecule has 2 rings (SSSR count). The minimum Gasteiger partial charge on any atom is -0.455 e. The van der Waals surface area contributed by atoms with E-state index in [9.17, 15) is 9.59 Å². The highest BCUT2D eigenvalue weighted by molar-refractivity contribution is 6.08. The Morgan fingerprint density at radius 3 is 2.14 bits per heavy atom. The van der Waals surface area contributed by atoms with Crippen LogP contribution in [-0.4, -0.2) is 22.3 Å². The largest absolute Gasteiger partial charge is 0.455 e. The second kappa shape index (κ2) is 5.87. The highest BCUT2D eigenvalue weighted by atomic mass is 16.6. The number of nitrogens with zero attached hydrogens (tertiary/aromatic N) is 1. The summed E-state index contributed by atoms with van der Waals surface area (Å²) in [7, 11) is 0. The topological polar surface area (TPSA) is 56.3 Å². The molecule has 0 radical (unpaired) electrons. The van der Waals surface area contributed by atoms with Crippen molar-refractivity contribution < 1.29 is 14.3 Å². The van der Waals surface area contributed by atoms with E-state index in [1.54, 1.807) is 57.2 Å². The number of ketones is 1. The molecule has 1 aromatic carbocycles. The first kappa shape index (κ1) is 14.9. The Morgan fingerprint density at radius 2 is 1.52 bits per heavy atom. The summed E-state index contributed by atoms with van der Waals surface area (Å²) in [6.45, 7) is 5.34. The number of hydrogen-bond acceptors (Lipinski definition) is 4. The molecule has 0 aliphatic rings. The number of benzene rings is 1. The lowest BCUT2D eigenvalue weighted by atomic mass is 10.1. The monoisotopic (exact) mass is 283 g/mol. The second-order valence-corrected chi connectivity index (χ2v) is 5.61. The zero-order valence-electron chi connectivity index (χ0n) is 12.3. The van der Waals surface area contributed by atoms with Gasteiger partial charge in [0.25, 0.3) is 0 Å². The summed E-state index contributed by atoms with van der Waals surface area (Å²) in [5.41, 5.74) is 0.292. The van der Waals surface area contributed by atoms with Gasteiger partial charge in [0, 0.05) is 5.56 Å². The lowest BCUT2D eigenvalue weighted by Crippen LogP contribution is -2.24. The van der Waals surface area contributed by atoms with Crippen LogP contribution in [0, 0.1) is 0 Å². The van der Waals surface area contributed by atoms with Crippen molar-refractivity contribution in [2.24, 2.45) is 0 Å². The van der Waals surface area contributed by atoms with Crippen LogP contribution in [-0.2, 0) is 4.74 Å². The summed E-state index contributed by atoms with van der Waals surface area (Å²) in [4.78, 5) is 28.4. The first-order valence-corrected chi connectivity index (χ1v) is 6.67. The predicted octanol–water partition coefficient (Wildman–Crippen LogP) is 3.27. The van der Waals surface area contributed by atoms with E-state index in [0.717, 1.165) is 0 Å². The Balaban J connectivity index is 2.26. The molecule has 0 bridgehead atoms. The average Bonchev–Trinajstić information content (AvgIpc) is 2.46. The van der Waals surface area contributed by atoms with Gasteiger partial charge in [-0.05, 0) is 32.9 Å². The van der Waals surface area contributed by atoms with Crippen molar-refractivity contribution in [2.45, 2.75) is 26.4 Å². The number of carbonyl (C=O) groups excluding carboxylic acids is 2. The van der Waals surface area contributed by atoms with Gasteiger partial charge >= 0.3 is 5.97 Å². The molecule has 0 atom stereocenters. The molecular weight excluding hydrogens is 266 g/mol. The van der Waals surface area contributed by atoms with E-state index in [4.69, 9.17) is 4.74 Å². The Labute approximate surface area is 123 Å². The van der Waals surface area contributed by atoms with Crippen molar-refractivity contribution in [1.29, 1.82) is 0 Å². The molecule has 4 heteroatoms. The normalized spacial score (nSPS) is 11.0. The SMILES string of the molecule is CC(C)(C)OC(=O)c1cccc(C(=O)c2ccccc2)n1. The number of esters is 1. The van der Waals surface area contributed by atoms with Gasteiger partial charge < -0.3 is 4.74 Å². The predicted molar refractivity (Wildman–Crippen MR) is 79.3 cm³/mol. The highest BCUT2D eigenvalue weighted by Crippen LogP contribution is 2.13. The molecule has 0 spiro atoms. The first-order valence-electron chi connectivity index (χ1n) is 6.67. The van der Waals surface area contributed by atoms with Crippen LogP contribution < -0.4 is 0 Å². The summed E-state index contributed by atoms with van der Waals surface area (Å²) in [6, 6.07) is 13.6. The van der Waals surface area contributed by atoms with E-state index in [1.807, 2.05) is 6.07 Å². The lowest BCUT2D eigenvalue weighted by Gasteiger charge is -2.19. The maximum atomic E-state index is 12.3. The minimum atomic E-state index is -0.599. The van der Waals surface area contributed by atoms with Crippen molar-refractivity contribution in [3.8, 4) is 0 Å². The number of rotatable bonds is 3. The van der Waals surface area contributed by atoms with E-state index >= 15 is 0 Å². The summed E-state index contributed by atoms with van der Waals surface area (Å²) >= 11 is 0. The molecule has 0 unspecified atom stereocenters. The highest BCUT2D eigenvalue weighted by Gasteiger charge is 2.20. The van der Waals surface area contributed by atoms with Crippen molar-refractivity contribution in [2.75, 3.05) is 0 Å². The van der Waals surface area contributed by atoms with Gasteiger partial charge in [-0.15, -0.1) is 0 Å². The zero-order chi connectivity index (χ0) is 15.5. The molecule has 0 amide bonds. The van der Waals surface area contributed by atoms with Crippen molar-refractivity contribution >= 4 is 11.8 Å². The van der Waals surface area contributed by atoms with Gasteiger partial charge in [0.2, 0.25) is 5.78 Å². The fourth-order valence-corrected chi connectivity index (χ4v) is 1.74. The Hall–Kier alpha value is -2.49. The molecule has 4 nitrogen and oxygen atoms in total. The fraction of sp³-hybridized carbons (Fsp3) is 0.235. The van der Waals surface area contributed by atoms with Crippen LogP contribution in [0.4, 0.5) is 0 Å². The minimum absolute atomic E-state index is 0.131. The maximum absolute atomic E-state index is 12.3. The van der Waals surface area contributed by atoms with Gasteiger partial charge in [0.1, 0.15) is 17.0 Å². The number of pyridine rings is 1. The molecule has 0 saturated heterocycles. The van der Waals surface area contributed by atoms with Crippen LogP contribution in [0.25, 0.3) is 0 Å². The molecule has 0 aliphatic heterocycles. The lowest BCUT2D eigenvalue weighted by molar-refractivity contribution is 0.00628. The molecular formula is C17H17NO3. The van der Waals surface area contributed by atoms with Crippen molar-refractivity contribution in [3.05, 3.63) is 65.5 Å². The van der Waals surface area contributed by atoms with E-state index in [-0.39, 0.29) is 17.2 Å². The summed E-state index contributed by atoms with van der Waals surface area (Å²) < 4.78 is 5.25. The number of aromatic nitrogens is 1. The Morgan fingerprint density at radius 1 is 0.905 bits per heavy atom. The third kappa shape index (κ3) is 3.99. The summed E-state index contributed by atoms with van der Waals surface area (Å²) in [5, 5.41) is 0. The van der Waals surface area contributed by atoms with Crippen LogP contribution in [0.5, 0.6) is 0 Å². The van der Waals surface area contributed by atoms with Crippen molar-refractivity contribution in [3.63, 3.8) is 0 Å². The summed E-state index contributed by atoms with van der Waals surface area (Å²) in [5.74, 6) is -0.758. The zero-order valence-corrected chi connectivity index (χ0v) is 12.3. The van der Waals surface area contributed by atoms with Crippen LogP contribution in [0.1, 0.15) is 47.3 Å². The molecule has 21 heavy (non-hydrogen) atoms. The van der Waals surface area contributed by atoms with Gasteiger partial charge in [0.05, 0.1) is 0 Å². The van der Waals surface area contributed by atoms with Crippen LogP contribution in [0.15, 0.2) is 48.5 Å². The first-order chi connectivity index (χ1) is 9.87. The van der Waals surface area contributed by atoms with Gasteiger partial charge in [-0.1, -0.05) is 36.4 Å². The molecule has 0 fully saturated rings. The van der Waals surface area contributed by atoms with Gasteiger partial charge in [-0.3, -0.25) is 4.79 Å². The number of ether oxygens (including phenoxy) is 1. The van der Waals surface area contributed by atoms with E-state index in [1.165, 1.54) is 6.07 Å². The maximum Gasteiger partial charge on any atom is 0.357 e. The van der Waals surface area contributed by atoms with E-state index in [2.05, 4.69) is 4.98 Å². The van der Waals surface area contributed by atoms with Crippen LogP contribution >= 0.6 is 0 Å². The molecule has 108 valence electrons. The number of carbonyl (C=O) groups is 2. The van der Waals surface area contributed by atoms with Gasteiger partial charge in [0.15, 0.2) is 0 Å². The average molecular weight is 283 g/mol. The molecule has 2 aromatic rings. The molecule has 1 heterocycles. The quantitative estimate of drug-likeness (QED) is 0.641. The van der Waals surface area contributed by atoms with Gasteiger partial charge in [-0.25, -0.2) is 9.78 Å². The Bertz CT molecular complexity index is 657. The third-order valence-corrected chi connectivity index (χ3v) is 2.63. The second-order valence-electron chi connectivity index (χ2n) is 5.61. The van der Waals surface area contributed by atoms with Crippen LogP contribution in [0.2, 0.25) is 0 Å². The standard InChI is InChI=1S/C17H17NO3/c1-17(2,3)21-16(20)14-11-7-10-13(18-14)15(19)12-8-5-4-6-9-12/h4-11H,1-3H3. The van der Waals surface area contributed by atoms with Gasteiger partial charge in [-0.2, -0.15) is 0 Å². The smallest absolute Gasteiger partial charge is 0.357 e. The molecule has 0 aliphatic carbocycles. The molecule has 0 saturated carbocycles.